The van der Waals surface area contributed by atoms with Crippen LogP contribution in [0, 0.1) is 0 Å². The van der Waals surface area contributed by atoms with Gasteiger partial charge in [0.1, 0.15) is 45.2 Å². The predicted octanol–water partition coefficient (Wildman–Crippen LogP) is 12.7. The van der Waals surface area contributed by atoms with Gasteiger partial charge in [0.25, 0.3) is 0 Å². The standard InChI is InChI=1S/C49H29N3O3/c1-2-11-29-26-31(23-22-28(29)10-1)47-50-48(36-15-8-20-41-45(36)34-13-4-6-18-39(34)54-41)52-49(51-47)37-16-9-21-42-46(37)35-25-24-30(27-43(35)55-42)32-14-7-19-40-44(32)33-12-3-5-17-38(33)53-40/h1-27,49H,(H,50,51,52). The molecule has 1 aliphatic rings. The number of furan rings is 3. The van der Waals surface area contributed by atoms with Crippen molar-refractivity contribution >= 4 is 88.3 Å². The summed E-state index contributed by atoms with van der Waals surface area (Å²) >= 11 is 0. The van der Waals surface area contributed by atoms with Gasteiger partial charge in [0.15, 0.2) is 6.17 Å². The zero-order valence-electron chi connectivity index (χ0n) is 29.3. The van der Waals surface area contributed by atoms with Crippen LogP contribution in [0.3, 0.4) is 0 Å². The molecular weight excluding hydrogens is 679 g/mol. The summed E-state index contributed by atoms with van der Waals surface area (Å²) in [5, 5.41) is 12.2. The van der Waals surface area contributed by atoms with Crippen molar-refractivity contribution in [3.63, 3.8) is 0 Å². The SMILES string of the molecule is c1ccc2cc(C3=NC(c4cccc5oc6cc(-c7cccc8oc9ccccc9c78)ccc6c45)N=C(c4cccc5oc6ccccc6c45)N3)ccc2c1. The van der Waals surface area contributed by atoms with Gasteiger partial charge in [-0.15, -0.1) is 0 Å². The van der Waals surface area contributed by atoms with Crippen molar-refractivity contribution in [2.45, 2.75) is 6.17 Å². The molecule has 0 radical (unpaired) electrons. The first-order valence-corrected chi connectivity index (χ1v) is 18.4. The van der Waals surface area contributed by atoms with E-state index in [2.05, 4.69) is 102 Å². The molecule has 0 spiro atoms. The fourth-order valence-electron chi connectivity index (χ4n) is 8.43. The number of benzene rings is 8. The van der Waals surface area contributed by atoms with Crippen LogP contribution in [0.5, 0.6) is 0 Å². The van der Waals surface area contributed by atoms with Crippen LogP contribution >= 0.6 is 0 Å². The largest absolute Gasteiger partial charge is 0.456 e. The normalized spacial score (nSPS) is 14.7. The van der Waals surface area contributed by atoms with E-state index in [0.717, 1.165) is 111 Å². The maximum atomic E-state index is 6.65. The number of fused-ring (bicyclic) bond motifs is 10. The second-order valence-corrected chi connectivity index (χ2v) is 14.1. The lowest BCUT2D eigenvalue weighted by molar-refractivity contribution is 0.667. The topological polar surface area (TPSA) is 76.2 Å². The Balaban J connectivity index is 1.05. The van der Waals surface area contributed by atoms with Gasteiger partial charge in [0, 0.05) is 49.0 Å². The van der Waals surface area contributed by atoms with Gasteiger partial charge in [-0.05, 0) is 70.4 Å². The summed E-state index contributed by atoms with van der Waals surface area (Å²) in [6, 6.07) is 56.2. The van der Waals surface area contributed by atoms with E-state index in [-0.39, 0.29) is 0 Å². The van der Waals surface area contributed by atoms with Crippen LogP contribution in [-0.4, -0.2) is 11.7 Å². The average molecular weight is 708 g/mol. The summed E-state index contributed by atoms with van der Waals surface area (Å²) in [6.07, 6.45) is -0.554. The number of nitrogens with zero attached hydrogens (tertiary/aromatic N) is 2. The minimum Gasteiger partial charge on any atom is -0.456 e. The fraction of sp³-hybridized carbons (Fsp3) is 0.0204. The zero-order valence-corrected chi connectivity index (χ0v) is 29.3. The first-order valence-electron chi connectivity index (χ1n) is 18.4. The van der Waals surface area contributed by atoms with Gasteiger partial charge in [-0.25, -0.2) is 9.98 Å². The Labute approximate surface area is 313 Å². The second-order valence-electron chi connectivity index (χ2n) is 14.1. The molecule has 55 heavy (non-hydrogen) atoms. The van der Waals surface area contributed by atoms with E-state index in [4.69, 9.17) is 23.2 Å². The molecule has 1 N–H and O–H groups in total. The molecule has 1 aliphatic heterocycles. The predicted molar refractivity (Wildman–Crippen MR) is 223 cm³/mol. The Kier molecular flexibility index (Phi) is 6.30. The third kappa shape index (κ3) is 4.61. The molecule has 1 atom stereocenters. The minimum absolute atomic E-state index is 0.554. The lowest BCUT2D eigenvalue weighted by Gasteiger charge is -2.23. The third-order valence-electron chi connectivity index (χ3n) is 10.9. The quantitative estimate of drug-likeness (QED) is 0.198. The Morgan fingerprint density at radius 2 is 0.945 bits per heavy atom. The van der Waals surface area contributed by atoms with Crippen LogP contribution < -0.4 is 5.32 Å². The molecule has 0 saturated carbocycles. The Hall–Kier alpha value is -7.44. The van der Waals surface area contributed by atoms with E-state index in [9.17, 15) is 0 Å². The number of rotatable bonds is 4. The average Bonchev–Trinajstić information content (AvgIpc) is 3.94. The molecule has 12 rings (SSSR count). The molecule has 6 nitrogen and oxygen atoms in total. The highest BCUT2D eigenvalue weighted by atomic mass is 16.3. The fourth-order valence-corrected chi connectivity index (χ4v) is 8.43. The summed E-state index contributed by atoms with van der Waals surface area (Å²) in [5.74, 6) is 1.48. The number of nitrogens with one attached hydrogen (secondary N) is 1. The van der Waals surface area contributed by atoms with Crippen molar-refractivity contribution < 1.29 is 13.3 Å². The monoisotopic (exact) mass is 707 g/mol. The first-order chi connectivity index (χ1) is 27.2. The Morgan fingerprint density at radius 1 is 0.382 bits per heavy atom. The van der Waals surface area contributed by atoms with Crippen LogP contribution in [0.25, 0.3) is 87.7 Å². The number of aliphatic imine (C=N–C) groups is 2. The highest BCUT2D eigenvalue weighted by Crippen LogP contribution is 2.42. The third-order valence-corrected chi connectivity index (χ3v) is 10.9. The van der Waals surface area contributed by atoms with Gasteiger partial charge >= 0.3 is 0 Å². The van der Waals surface area contributed by atoms with E-state index < -0.39 is 6.17 Å². The number of amidine groups is 2. The number of hydrogen-bond acceptors (Lipinski definition) is 6. The number of para-hydroxylation sites is 2. The van der Waals surface area contributed by atoms with Crippen molar-refractivity contribution in [3.8, 4) is 11.1 Å². The van der Waals surface area contributed by atoms with E-state index in [1.807, 2.05) is 66.7 Å². The minimum atomic E-state index is -0.554. The molecule has 0 saturated heterocycles. The molecule has 8 aromatic carbocycles. The highest BCUT2D eigenvalue weighted by Gasteiger charge is 2.26. The Bertz CT molecular complexity index is 3430. The lowest BCUT2D eigenvalue weighted by Crippen LogP contribution is -2.36. The van der Waals surface area contributed by atoms with Gasteiger partial charge in [-0.3, -0.25) is 0 Å². The van der Waals surface area contributed by atoms with Gasteiger partial charge in [-0.2, -0.15) is 0 Å². The summed E-state index contributed by atoms with van der Waals surface area (Å²) < 4.78 is 19.2. The van der Waals surface area contributed by atoms with E-state index in [1.165, 1.54) is 5.39 Å². The molecular formula is C49H29N3O3. The Morgan fingerprint density at radius 3 is 1.73 bits per heavy atom. The summed E-state index contributed by atoms with van der Waals surface area (Å²) in [4.78, 5) is 10.7. The molecule has 6 heteroatoms. The highest BCUT2D eigenvalue weighted by molar-refractivity contribution is 6.24. The first kappa shape index (κ1) is 30.1. The van der Waals surface area contributed by atoms with Crippen molar-refractivity contribution in [2.75, 3.05) is 0 Å². The van der Waals surface area contributed by atoms with Gasteiger partial charge in [0.2, 0.25) is 0 Å². The zero-order chi connectivity index (χ0) is 36.0. The van der Waals surface area contributed by atoms with Crippen LogP contribution in [0.1, 0.15) is 22.9 Å². The summed E-state index contributed by atoms with van der Waals surface area (Å²) in [5.41, 5.74) is 10.0. The summed E-state index contributed by atoms with van der Waals surface area (Å²) in [7, 11) is 0. The van der Waals surface area contributed by atoms with Crippen molar-refractivity contribution in [1.29, 1.82) is 0 Å². The van der Waals surface area contributed by atoms with Gasteiger partial charge in [0.05, 0.1) is 0 Å². The molecule has 0 amide bonds. The van der Waals surface area contributed by atoms with Gasteiger partial charge < -0.3 is 18.6 Å². The van der Waals surface area contributed by atoms with Crippen molar-refractivity contribution in [2.24, 2.45) is 9.98 Å². The molecule has 0 aliphatic carbocycles. The molecule has 3 aromatic heterocycles. The van der Waals surface area contributed by atoms with Gasteiger partial charge in [-0.1, -0.05) is 115 Å². The second kappa shape index (κ2) is 11.5. The smallest absolute Gasteiger partial charge is 0.170 e. The van der Waals surface area contributed by atoms with Crippen molar-refractivity contribution in [1.82, 2.24) is 5.32 Å². The maximum absolute atomic E-state index is 6.65. The lowest BCUT2D eigenvalue weighted by atomic mass is 9.97. The molecule has 4 heterocycles. The molecule has 1 unspecified atom stereocenters. The van der Waals surface area contributed by atoms with Crippen molar-refractivity contribution in [3.05, 3.63) is 180 Å². The molecule has 258 valence electrons. The summed E-state index contributed by atoms with van der Waals surface area (Å²) in [6.45, 7) is 0. The van der Waals surface area contributed by atoms with Crippen LogP contribution in [-0.2, 0) is 0 Å². The molecule has 0 bridgehead atoms. The maximum Gasteiger partial charge on any atom is 0.170 e. The van der Waals surface area contributed by atoms with Crippen LogP contribution in [0.2, 0.25) is 0 Å². The molecule has 11 aromatic rings. The number of hydrogen-bond donors (Lipinski definition) is 1. The van der Waals surface area contributed by atoms with Crippen LogP contribution in [0.15, 0.2) is 187 Å². The van der Waals surface area contributed by atoms with E-state index in [1.54, 1.807) is 0 Å². The van der Waals surface area contributed by atoms with E-state index >= 15 is 0 Å². The molecule has 0 fully saturated rings. The van der Waals surface area contributed by atoms with E-state index in [0.29, 0.717) is 0 Å². The van der Waals surface area contributed by atoms with Crippen LogP contribution in [0.4, 0.5) is 0 Å².